The summed E-state index contributed by atoms with van der Waals surface area (Å²) in [6.07, 6.45) is 0. The van der Waals surface area contributed by atoms with Gasteiger partial charge < -0.3 is 9.47 Å². The average molecular weight is 466 g/mol. The molecule has 1 aliphatic heterocycles. The van der Waals surface area contributed by atoms with Crippen LogP contribution in [0.25, 0.3) is 4.96 Å². The van der Waals surface area contributed by atoms with Crippen LogP contribution in [0.3, 0.4) is 0 Å². The molecule has 0 amide bonds. The fourth-order valence-electron chi connectivity index (χ4n) is 3.52. The number of hydrogen-bond donors (Lipinski definition) is 0. The van der Waals surface area contributed by atoms with Crippen LogP contribution >= 0.6 is 11.3 Å². The Balaban J connectivity index is 1.45. The van der Waals surface area contributed by atoms with Crippen LogP contribution in [0.15, 0.2) is 34.0 Å². The molecule has 1 aromatic carbocycles. The fraction of sp³-hybridized carbons (Fsp3) is 0.421. The quantitative estimate of drug-likeness (QED) is 0.530. The van der Waals surface area contributed by atoms with E-state index in [0.717, 1.165) is 5.01 Å². The summed E-state index contributed by atoms with van der Waals surface area (Å²) in [7, 11) is -0.681. The van der Waals surface area contributed by atoms with Crippen LogP contribution in [0.5, 0.6) is 11.5 Å². The van der Waals surface area contributed by atoms with Crippen molar-refractivity contribution >= 4 is 26.3 Å². The number of nitrogens with zero attached hydrogens (tertiary/aromatic N) is 5. The molecule has 0 saturated carbocycles. The van der Waals surface area contributed by atoms with Crippen LogP contribution in [-0.4, -0.2) is 72.6 Å². The lowest BCUT2D eigenvalue weighted by Crippen LogP contribution is -2.48. The Labute approximate surface area is 183 Å². The van der Waals surface area contributed by atoms with E-state index in [1.54, 1.807) is 6.07 Å². The zero-order chi connectivity index (χ0) is 22.2. The van der Waals surface area contributed by atoms with Crippen molar-refractivity contribution in [1.82, 2.24) is 23.8 Å². The van der Waals surface area contributed by atoms with Gasteiger partial charge in [-0.25, -0.2) is 13.4 Å². The van der Waals surface area contributed by atoms with Crippen LogP contribution < -0.4 is 15.0 Å². The van der Waals surface area contributed by atoms with E-state index in [0.29, 0.717) is 54.9 Å². The Kier molecular flexibility index (Phi) is 5.97. The summed E-state index contributed by atoms with van der Waals surface area (Å²) in [6, 6.07) is 6.07. The number of fused-ring (bicyclic) bond motifs is 1. The molecule has 12 heteroatoms. The number of piperazine rings is 1. The first-order valence-corrected chi connectivity index (χ1v) is 11.9. The van der Waals surface area contributed by atoms with Gasteiger partial charge in [0, 0.05) is 44.9 Å². The van der Waals surface area contributed by atoms with Gasteiger partial charge in [0.1, 0.15) is 5.01 Å². The summed E-state index contributed by atoms with van der Waals surface area (Å²) >= 11 is 1.36. The largest absolute Gasteiger partial charge is 0.493 e. The van der Waals surface area contributed by atoms with Gasteiger partial charge in [0.2, 0.25) is 15.0 Å². The van der Waals surface area contributed by atoms with Gasteiger partial charge in [0.25, 0.3) is 5.56 Å². The first kappa shape index (κ1) is 21.7. The third-order valence-corrected chi connectivity index (χ3v) is 7.83. The molecule has 0 aliphatic carbocycles. The number of methoxy groups -OCH3 is 2. The third-order valence-electron chi connectivity index (χ3n) is 5.11. The predicted molar refractivity (Wildman–Crippen MR) is 115 cm³/mol. The zero-order valence-electron chi connectivity index (χ0n) is 17.4. The van der Waals surface area contributed by atoms with Gasteiger partial charge in [-0.15, -0.1) is 0 Å². The number of aryl methyl sites for hydroxylation is 1. The second-order valence-corrected chi connectivity index (χ2v) is 10.2. The molecule has 1 fully saturated rings. The van der Waals surface area contributed by atoms with Gasteiger partial charge >= 0.3 is 0 Å². The van der Waals surface area contributed by atoms with E-state index >= 15 is 0 Å². The van der Waals surface area contributed by atoms with Crippen molar-refractivity contribution in [2.24, 2.45) is 0 Å². The number of hydrogen-bond acceptors (Lipinski definition) is 9. The molecule has 0 bridgehead atoms. The molecule has 31 heavy (non-hydrogen) atoms. The molecule has 0 atom stereocenters. The van der Waals surface area contributed by atoms with E-state index < -0.39 is 10.0 Å². The lowest BCUT2D eigenvalue weighted by atomic mass is 10.3. The summed E-state index contributed by atoms with van der Waals surface area (Å²) in [5, 5.41) is 4.92. The molecule has 166 valence electrons. The molecule has 3 heterocycles. The summed E-state index contributed by atoms with van der Waals surface area (Å²) in [5.74, 6) is 0.844. The van der Waals surface area contributed by atoms with Gasteiger partial charge in [-0.05, 0) is 19.1 Å². The lowest BCUT2D eigenvalue weighted by molar-refractivity contribution is 0.180. The van der Waals surface area contributed by atoms with E-state index in [1.165, 1.54) is 52.6 Å². The normalized spacial score (nSPS) is 16.0. The maximum Gasteiger partial charge on any atom is 0.275 e. The van der Waals surface area contributed by atoms with Crippen LogP contribution in [-0.2, 0) is 16.6 Å². The van der Waals surface area contributed by atoms with Gasteiger partial charge in [0.05, 0.1) is 24.8 Å². The summed E-state index contributed by atoms with van der Waals surface area (Å²) in [5.41, 5.74) is 0.448. The molecule has 0 radical (unpaired) electrons. The second kappa shape index (κ2) is 8.54. The van der Waals surface area contributed by atoms with Crippen molar-refractivity contribution in [3.05, 3.63) is 45.3 Å². The minimum Gasteiger partial charge on any atom is -0.493 e. The molecule has 0 spiro atoms. The van der Waals surface area contributed by atoms with Crippen LogP contribution in [0, 0.1) is 6.92 Å². The first-order chi connectivity index (χ1) is 14.8. The molecule has 0 unspecified atom stereocenters. The van der Waals surface area contributed by atoms with Gasteiger partial charge in [0.15, 0.2) is 11.5 Å². The molecular weight excluding hydrogens is 442 g/mol. The highest BCUT2D eigenvalue weighted by atomic mass is 32.2. The number of aromatic nitrogens is 3. The van der Waals surface area contributed by atoms with Crippen molar-refractivity contribution < 1.29 is 17.9 Å². The Hall–Kier alpha value is -2.54. The molecule has 1 aliphatic rings. The maximum absolute atomic E-state index is 13.1. The van der Waals surface area contributed by atoms with Crippen LogP contribution in [0.2, 0.25) is 0 Å². The Bertz CT molecular complexity index is 1260. The van der Waals surface area contributed by atoms with Crippen molar-refractivity contribution in [3.63, 3.8) is 0 Å². The molecule has 2 aromatic heterocycles. The molecule has 0 N–H and O–H groups in total. The fourth-order valence-corrected chi connectivity index (χ4v) is 5.72. The third kappa shape index (κ3) is 4.28. The average Bonchev–Trinajstić information content (AvgIpc) is 3.14. The molecule has 1 saturated heterocycles. The maximum atomic E-state index is 13.1. The van der Waals surface area contributed by atoms with Crippen LogP contribution in [0.4, 0.5) is 0 Å². The van der Waals surface area contributed by atoms with E-state index in [9.17, 15) is 13.2 Å². The van der Waals surface area contributed by atoms with Gasteiger partial charge in [-0.2, -0.15) is 13.9 Å². The minimum absolute atomic E-state index is 0.166. The summed E-state index contributed by atoms with van der Waals surface area (Å²) < 4.78 is 39.3. The van der Waals surface area contributed by atoms with Crippen LogP contribution in [0.1, 0.15) is 10.7 Å². The Morgan fingerprint density at radius 3 is 2.45 bits per heavy atom. The highest BCUT2D eigenvalue weighted by Gasteiger charge is 2.29. The Morgan fingerprint density at radius 2 is 1.77 bits per heavy atom. The zero-order valence-corrected chi connectivity index (χ0v) is 19.1. The number of sulfonamides is 1. The van der Waals surface area contributed by atoms with E-state index in [2.05, 4.69) is 15.0 Å². The Morgan fingerprint density at radius 1 is 1.06 bits per heavy atom. The number of ether oxygens (including phenoxy) is 2. The highest BCUT2D eigenvalue weighted by Crippen LogP contribution is 2.31. The molecule has 10 nitrogen and oxygen atoms in total. The lowest BCUT2D eigenvalue weighted by Gasteiger charge is -2.33. The smallest absolute Gasteiger partial charge is 0.275 e. The summed E-state index contributed by atoms with van der Waals surface area (Å²) in [4.78, 5) is 19.6. The van der Waals surface area contributed by atoms with E-state index in [4.69, 9.17) is 9.47 Å². The van der Waals surface area contributed by atoms with Gasteiger partial charge in [-0.1, -0.05) is 11.3 Å². The minimum atomic E-state index is -3.65. The standard InChI is InChI=1S/C19H23N5O5S2/c1-13-21-24-18(25)10-14(20-19(24)30-13)12-22-6-8-23(9-7-22)31(26,27)15-4-5-16(28-2)17(11-15)29-3/h4-5,10-11H,6-9,12H2,1-3H3. The van der Waals surface area contributed by atoms with Crippen molar-refractivity contribution in [2.75, 3.05) is 40.4 Å². The second-order valence-electron chi connectivity index (χ2n) is 7.10. The topological polar surface area (TPSA) is 106 Å². The van der Waals surface area contributed by atoms with Crippen molar-refractivity contribution in [1.29, 1.82) is 0 Å². The molecule has 3 aromatic rings. The van der Waals surface area contributed by atoms with E-state index in [-0.39, 0.29) is 10.5 Å². The highest BCUT2D eigenvalue weighted by molar-refractivity contribution is 7.89. The van der Waals surface area contributed by atoms with E-state index in [1.807, 2.05) is 6.92 Å². The predicted octanol–water partition coefficient (Wildman–Crippen LogP) is 0.983. The summed E-state index contributed by atoms with van der Waals surface area (Å²) in [6.45, 7) is 4.07. The SMILES string of the molecule is COc1ccc(S(=O)(=O)N2CCN(Cc3cc(=O)n4nc(C)sc4n3)CC2)cc1OC. The van der Waals surface area contributed by atoms with Crippen molar-refractivity contribution in [3.8, 4) is 11.5 Å². The molecular formula is C19H23N5O5S2. The number of rotatable bonds is 6. The monoisotopic (exact) mass is 465 g/mol. The van der Waals surface area contributed by atoms with Gasteiger partial charge in [-0.3, -0.25) is 9.69 Å². The van der Waals surface area contributed by atoms with Crippen molar-refractivity contribution in [2.45, 2.75) is 18.4 Å². The molecule has 4 rings (SSSR count). The number of benzene rings is 1. The first-order valence-electron chi connectivity index (χ1n) is 9.63.